The minimum Gasteiger partial charge on any atom is -0.491 e. The van der Waals surface area contributed by atoms with E-state index in [0.717, 1.165) is 18.8 Å². The lowest BCUT2D eigenvalue weighted by Gasteiger charge is -2.17. The molecule has 19 heavy (non-hydrogen) atoms. The zero-order valence-electron chi connectivity index (χ0n) is 12.6. The summed E-state index contributed by atoms with van der Waals surface area (Å²) in [6, 6.07) is 8.15. The maximum absolute atomic E-state index is 5.80. The van der Waals surface area contributed by atoms with E-state index in [1.165, 1.54) is 5.56 Å². The Bertz CT molecular complexity index is 352. The molecule has 3 nitrogen and oxygen atoms in total. The van der Waals surface area contributed by atoms with Gasteiger partial charge in [0.2, 0.25) is 0 Å². The van der Waals surface area contributed by atoms with Gasteiger partial charge in [-0.3, -0.25) is 0 Å². The van der Waals surface area contributed by atoms with E-state index < -0.39 is 0 Å². The highest BCUT2D eigenvalue weighted by atomic mass is 16.5. The van der Waals surface area contributed by atoms with Crippen LogP contribution in [0.25, 0.3) is 0 Å². The summed E-state index contributed by atoms with van der Waals surface area (Å²) in [5.41, 5.74) is 1.20. The molecule has 0 spiro atoms. The number of ether oxygens (including phenoxy) is 2. The van der Waals surface area contributed by atoms with Crippen LogP contribution in [0.2, 0.25) is 0 Å². The summed E-state index contributed by atoms with van der Waals surface area (Å²) in [6.45, 7) is 11.6. The molecule has 0 aliphatic carbocycles. The molecule has 1 atom stereocenters. The number of rotatable bonds is 9. The first kappa shape index (κ1) is 16.0. The molecule has 0 fully saturated rings. The fourth-order valence-corrected chi connectivity index (χ4v) is 1.63. The van der Waals surface area contributed by atoms with E-state index in [2.05, 4.69) is 39.1 Å². The van der Waals surface area contributed by atoms with E-state index in [0.29, 0.717) is 19.1 Å². The zero-order chi connectivity index (χ0) is 14.1. The summed E-state index contributed by atoms with van der Waals surface area (Å²) >= 11 is 0. The van der Waals surface area contributed by atoms with Crippen LogP contribution in [0.3, 0.4) is 0 Å². The molecule has 1 N–H and O–H groups in total. The molecule has 0 radical (unpaired) electrons. The molecular weight excluding hydrogens is 238 g/mol. The van der Waals surface area contributed by atoms with Gasteiger partial charge in [0, 0.05) is 12.1 Å². The molecule has 1 rings (SSSR count). The van der Waals surface area contributed by atoms with Gasteiger partial charge in [0.05, 0.1) is 12.7 Å². The lowest BCUT2D eigenvalue weighted by atomic mass is 10.1. The summed E-state index contributed by atoms with van der Waals surface area (Å²) in [5, 5.41) is 3.32. The topological polar surface area (TPSA) is 30.5 Å². The van der Waals surface area contributed by atoms with Gasteiger partial charge in [0.25, 0.3) is 0 Å². The van der Waals surface area contributed by atoms with Crippen LogP contribution in [0.4, 0.5) is 0 Å². The molecule has 3 heteroatoms. The Balaban J connectivity index is 2.36. The van der Waals surface area contributed by atoms with Crippen molar-refractivity contribution in [3.63, 3.8) is 0 Å². The summed E-state index contributed by atoms with van der Waals surface area (Å²) in [5.74, 6) is 1.49. The standard InChI is InChI=1S/C16H27NO2/c1-5-17-12-15-8-6-7-9-16(15)19-11-10-18-14(4)13(2)3/h6-9,13-14,17H,5,10-12H2,1-4H3. The van der Waals surface area contributed by atoms with Gasteiger partial charge in [-0.2, -0.15) is 0 Å². The molecular formula is C16H27NO2. The monoisotopic (exact) mass is 265 g/mol. The molecule has 0 saturated carbocycles. The highest BCUT2D eigenvalue weighted by Crippen LogP contribution is 2.17. The van der Waals surface area contributed by atoms with Crippen LogP contribution >= 0.6 is 0 Å². The van der Waals surface area contributed by atoms with Gasteiger partial charge in [-0.05, 0) is 25.5 Å². The average molecular weight is 265 g/mol. The van der Waals surface area contributed by atoms with Gasteiger partial charge in [-0.1, -0.05) is 39.0 Å². The molecule has 0 bridgehead atoms. The van der Waals surface area contributed by atoms with Crippen LogP contribution in [0.1, 0.15) is 33.3 Å². The predicted octanol–water partition coefficient (Wildman–Crippen LogP) is 3.24. The first-order valence-corrected chi connectivity index (χ1v) is 7.18. The third-order valence-electron chi connectivity index (χ3n) is 3.20. The van der Waals surface area contributed by atoms with Crippen molar-refractivity contribution in [2.24, 2.45) is 5.92 Å². The SMILES string of the molecule is CCNCc1ccccc1OCCOC(C)C(C)C. The van der Waals surface area contributed by atoms with E-state index in [1.807, 2.05) is 18.2 Å². The Hall–Kier alpha value is -1.06. The zero-order valence-corrected chi connectivity index (χ0v) is 12.6. The maximum Gasteiger partial charge on any atom is 0.123 e. The van der Waals surface area contributed by atoms with Crippen LogP contribution in [0.5, 0.6) is 5.75 Å². The van der Waals surface area contributed by atoms with Crippen LogP contribution in [-0.2, 0) is 11.3 Å². The van der Waals surface area contributed by atoms with Crippen molar-refractivity contribution in [1.82, 2.24) is 5.32 Å². The fourth-order valence-electron chi connectivity index (χ4n) is 1.63. The molecule has 0 aliphatic rings. The number of nitrogens with one attached hydrogen (secondary N) is 1. The second-order valence-corrected chi connectivity index (χ2v) is 5.06. The molecule has 108 valence electrons. The molecule has 0 aromatic heterocycles. The maximum atomic E-state index is 5.80. The van der Waals surface area contributed by atoms with E-state index in [4.69, 9.17) is 9.47 Å². The molecule has 0 amide bonds. The van der Waals surface area contributed by atoms with E-state index in [1.54, 1.807) is 0 Å². The molecule has 1 aromatic carbocycles. The van der Waals surface area contributed by atoms with Gasteiger partial charge in [0.1, 0.15) is 12.4 Å². The fraction of sp³-hybridized carbons (Fsp3) is 0.625. The number of hydrogen-bond donors (Lipinski definition) is 1. The Morgan fingerprint density at radius 2 is 1.84 bits per heavy atom. The number of hydrogen-bond acceptors (Lipinski definition) is 3. The van der Waals surface area contributed by atoms with Crippen LogP contribution in [-0.4, -0.2) is 25.9 Å². The van der Waals surface area contributed by atoms with Crippen molar-refractivity contribution in [2.75, 3.05) is 19.8 Å². The summed E-state index contributed by atoms with van der Waals surface area (Å²) in [4.78, 5) is 0. The Morgan fingerprint density at radius 1 is 1.11 bits per heavy atom. The van der Waals surface area contributed by atoms with Crippen LogP contribution in [0, 0.1) is 5.92 Å². The van der Waals surface area contributed by atoms with Gasteiger partial charge in [-0.15, -0.1) is 0 Å². The summed E-state index contributed by atoms with van der Waals surface area (Å²) in [6.07, 6.45) is 0.278. The first-order chi connectivity index (χ1) is 9.15. The van der Waals surface area contributed by atoms with E-state index in [9.17, 15) is 0 Å². The van der Waals surface area contributed by atoms with Gasteiger partial charge < -0.3 is 14.8 Å². The lowest BCUT2D eigenvalue weighted by molar-refractivity contribution is 0.0187. The van der Waals surface area contributed by atoms with Crippen LogP contribution in [0.15, 0.2) is 24.3 Å². The normalized spacial score (nSPS) is 12.7. The van der Waals surface area contributed by atoms with Crippen molar-refractivity contribution in [3.05, 3.63) is 29.8 Å². The minimum atomic E-state index is 0.278. The average Bonchev–Trinajstić information content (AvgIpc) is 2.42. The predicted molar refractivity (Wildman–Crippen MR) is 79.6 cm³/mol. The second kappa shape index (κ2) is 8.94. The highest BCUT2D eigenvalue weighted by molar-refractivity contribution is 5.33. The van der Waals surface area contributed by atoms with Crippen molar-refractivity contribution in [1.29, 1.82) is 0 Å². The lowest BCUT2D eigenvalue weighted by Crippen LogP contribution is -2.19. The van der Waals surface area contributed by atoms with Gasteiger partial charge >= 0.3 is 0 Å². The van der Waals surface area contributed by atoms with Crippen LogP contribution < -0.4 is 10.1 Å². The van der Waals surface area contributed by atoms with Crippen molar-refractivity contribution >= 4 is 0 Å². The van der Waals surface area contributed by atoms with E-state index in [-0.39, 0.29) is 6.10 Å². The largest absolute Gasteiger partial charge is 0.491 e. The van der Waals surface area contributed by atoms with Gasteiger partial charge in [0.15, 0.2) is 0 Å². The Morgan fingerprint density at radius 3 is 2.53 bits per heavy atom. The Labute approximate surface area is 117 Å². The van der Waals surface area contributed by atoms with Crippen molar-refractivity contribution < 1.29 is 9.47 Å². The summed E-state index contributed by atoms with van der Waals surface area (Å²) in [7, 11) is 0. The number of benzene rings is 1. The second-order valence-electron chi connectivity index (χ2n) is 5.06. The Kier molecular flexibility index (Phi) is 7.53. The molecule has 1 unspecified atom stereocenters. The molecule has 1 aromatic rings. The van der Waals surface area contributed by atoms with E-state index >= 15 is 0 Å². The first-order valence-electron chi connectivity index (χ1n) is 7.18. The highest BCUT2D eigenvalue weighted by Gasteiger charge is 2.07. The summed E-state index contributed by atoms with van der Waals surface area (Å²) < 4.78 is 11.5. The number of para-hydroxylation sites is 1. The molecule has 0 saturated heterocycles. The third kappa shape index (κ3) is 6.08. The molecule has 0 heterocycles. The van der Waals surface area contributed by atoms with Crippen molar-refractivity contribution in [3.8, 4) is 5.75 Å². The third-order valence-corrected chi connectivity index (χ3v) is 3.20. The van der Waals surface area contributed by atoms with Crippen molar-refractivity contribution in [2.45, 2.75) is 40.3 Å². The minimum absolute atomic E-state index is 0.278. The quantitative estimate of drug-likeness (QED) is 0.695. The smallest absolute Gasteiger partial charge is 0.123 e. The molecule has 0 aliphatic heterocycles. The van der Waals surface area contributed by atoms with Gasteiger partial charge in [-0.25, -0.2) is 0 Å².